The van der Waals surface area contributed by atoms with E-state index in [9.17, 15) is 8.42 Å². The summed E-state index contributed by atoms with van der Waals surface area (Å²) in [6, 6.07) is 9.12. The molecule has 1 aliphatic rings. The van der Waals surface area contributed by atoms with Crippen molar-refractivity contribution in [1.82, 2.24) is 0 Å². The molecule has 0 fully saturated rings. The molecule has 1 unspecified atom stereocenters. The van der Waals surface area contributed by atoms with E-state index in [0.29, 0.717) is 4.62 Å². The van der Waals surface area contributed by atoms with Crippen LogP contribution in [0.25, 0.3) is 0 Å². The predicted molar refractivity (Wildman–Crippen MR) is 68.4 cm³/mol. The molecule has 0 saturated heterocycles. The smallest absolute Gasteiger partial charge is 0.181 e. The van der Waals surface area contributed by atoms with E-state index in [4.69, 9.17) is 0 Å². The van der Waals surface area contributed by atoms with Crippen LogP contribution < -0.4 is 0 Å². The van der Waals surface area contributed by atoms with Gasteiger partial charge in [-0.3, -0.25) is 4.99 Å². The lowest BCUT2D eigenvalue weighted by molar-refractivity contribution is 0.589. The average Bonchev–Trinajstić information content (AvgIpc) is 2.66. The van der Waals surface area contributed by atoms with Crippen LogP contribution in [0.2, 0.25) is 0 Å². The van der Waals surface area contributed by atoms with E-state index in [2.05, 4.69) is 20.9 Å². The van der Waals surface area contributed by atoms with Crippen molar-refractivity contribution in [1.29, 1.82) is 0 Å². The molecule has 5 heteroatoms. The fraction of sp³-hybridized carbons (Fsp3) is 0.182. The monoisotopic (exact) mass is 299 g/mol. The van der Waals surface area contributed by atoms with Gasteiger partial charge in [-0.05, 0) is 33.6 Å². The first-order chi connectivity index (χ1) is 7.58. The minimum absolute atomic E-state index is 0.0205. The number of nitrogens with zero attached hydrogens (tertiary/aromatic N) is 1. The highest BCUT2D eigenvalue weighted by atomic mass is 79.9. The number of halogens is 1. The average molecular weight is 300 g/mol. The molecule has 1 aromatic carbocycles. The summed E-state index contributed by atoms with van der Waals surface area (Å²) in [4.78, 5) is 3.99. The van der Waals surface area contributed by atoms with Gasteiger partial charge in [0, 0.05) is 0 Å². The Labute approximate surface area is 103 Å². The second-order valence-electron chi connectivity index (χ2n) is 3.49. The molecule has 1 aromatic rings. The zero-order chi connectivity index (χ0) is 11.6. The summed E-state index contributed by atoms with van der Waals surface area (Å²) in [6.07, 6.45) is 3.25. The fourth-order valence-electron chi connectivity index (χ4n) is 1.46. The van der Waals surface area contributed by atoms with Crippen molar-refractivity contribution in [2.75, 3.05) is 0 Å². The lowest BCUT2D eigenvalue weighted by atomic mass is 10.2. The van der Waals surface area contributed by atoms with E-state index in [1.165, 1.54) is 0 Å². The van der Waals surface area contributed by atoms with Gasteiger partial charge >= 0.3 is 0 Å². The second kappa shape index (κ2) is 4.51. The Kier molecular flexibility index (Phi) is 3.25. The van der Waals surface area contributed by atoms with Crippen molar-refractivity contribution >= 4 is 30.4 Å². The SMILES string of the molecule is O=S(=O)(Cc1ccccc1)C1C=CC(Br)=N1. The number of hydrogen-bond acceptors (Lipinski definition) is 3. The molecule has 1 atom stereocenters. The molecule has 1 aliphatic heterocycles. The number of hydrogen-bond donors (Lipinski definition) is 0. The van der Waals surface area contributed by atoms with Crippen LogP contribution in [-0.2, 0) is 15.6 Å². The third kappa shape index (κ3) is 2.59. The maximum atomic E-state index is 12.0. The standard InChI is InChI=1S/C11H10BrNO2S/c12-10-6-7-11(13-10)16(14,15)8-9-4-2-1-3-5-9/h1-7,11H,8H2. The van der Waals surface area contributed by atoms with E-state index in [1.807, 2.05) is 18.2 Å². The van der Waals surface area contributed by atoms with Crippen LogP contribution in [0.5, 0.6) is 0 Å². The van der Waals surface area contributed by atoms with Crippen LogP contribution in [0.4, 0.5) is 0 Å². The molecular weight excluding hydrogens is 290 g/mol. The molecule has 0 saturated carbocycles. The van der Waals surface area contributed by atoms with Crippen LogP contribution in [-0.4, -0.2) is 18.4 Å². The minimum Gasteiger partial charge on any atom is -0.254 e. The lowest BCUT2D eigenvalue weighted by Gasteiger charge is -2.07. The maximum Gasteiger partial charge on any atom is 0.181 e. The molecule has 0 aromatic heterocycles. The molecule has 84 valence electrons. The first kappa shape index (κ1) is 11.5. The maximum absolute atomic E-state index is 12.0. The number of sulfone groups is 1. The minimum atomic E-state index is -3.25. The van der Waals surface area contributed by atoms with Crippen LogP contribution in [0.15, 0.2) is 47.5 Å². The highest BCUT2D eigenvalue weighted by Crippen LogP contribution is 2.18. The molecular formula is C11H10BrNO2S. The molecule has 3 nitrogen and oxygen atoms in total. The molecule has 1 heterocycles. The topological polar surface area (TPSA) is 46.5 Å². The first-order valence-corrected chi connectivity index (χ1v) is 7.26. The van der Waals surface area contributed by atoms with E-state index in [1.54, 1.807) is 24.3 Å². The third-order valence-electron chi connectivity index (χ3n) is 2.23. The summed E-state index contributed by atoms with van der Waals surface area (Å²) < 4.78 is 24.5. The molecule has 0 amide bonds. The number of allylic oxidation sites excluding steroid dienone is 1. The molecule has 16 heavy (non-hydrogen) atoms. The van der Waals surface area contributed by atoms with Gasteiger partial charge in [0.1, 0.15) is 4.62 Å². The van der Waals surface area contributed by atoms with Gasteiger partial charge in [-0.15, -0.1) is 0 Å². The zero-order valence-corrected chi connectivity index (χ0v) is 10.8. The second-order valence-corrected chi connectivity index (χ2v) is 6.40. The van der Waals surface area contributed by atoms with Crippen LogP contribution in [0, 0.1) is 0 Å². The van der Waals surface area contributed by atoms with Crippen LogP contribution in [0.3, 0.4) is 0 Å². The van der Waals surface area contributed by atoms with Crippen molar-refractivity contribution in [3.05, 3.63) is 48.0 Å². The fourth-order valence-corrected chi connectivity index (χ4v) is 3.39. The van der Waals surface area contributed by atoms with Crippen molar-refractivity contribution in [3.8, 4) is 0 Å². The normalized spacial score (nSPS) is 19.8. The molecule has 0 aliphatic carbocycles. The third-order valence-corrected chi connectivity index (χ3v) is 4.43. The van der Waals surface area contributed by atoms with E-state index in [0.717, 1.165) is 5.56 Å². The van der Waals surface area contributed by atoms with Crippen molar-refractivity contribution in [3.63, 3.8) is 0 Å². The van der Waals surface area contributed by atoms with Gasteiger partial charge in [-0.2, -0.15) is 0 Å². The Balaban J connectivity index is 2.19. The summed E-state index contributed by atoms with van der Waals surface area (Å²) in [7, 11) is -3.25. The summed E-state index contributed by atoms with van der Waals surface area (Å²) in [5.41, 5.74) is 0.786. The Hall–Kier alpha value is -0.940. The van der Waals surface area contributed by atoms with Gasteiger partial charge in [0.05, 0.1) is 5.75 Å². The predicted octanol–water partition coefficient (Wildman–Crippen LogP) is 2.29. The summed E-state index contributed by atoms with van der Waals surface area (Å²) in [6.45, 7) is 0. The Morgan fingerprint density at radius 1 is 1.25 bits per heavy atom. The van der Waals surface area contributed by atoms with E-state index in [-0.39, 0.29) is 5.75 Å². The quantitative estimate of drug-likeness (QED) is 0.860. The highest BCUT2D eigenvalue weighted by Gasteiger charge is 2.25. The van der Waals surface area contributed by atoms with Gasteiger partial charge in [0.25, 0.3) is 0 Å². The van der Waals surface area contributed by atoms with E-state index >= 15 is 0 Å². The highest BCUT2D eigenvalue weighted by molar-refractivity contribution is 9.18. The largest absolute Gasteiger partial charge is 0.254 e. The van der Waals surface area contributed by atoms with Crippen LogP contribution in [0.1, 0.15) is 5.56 Å². The molecule has 0 radical (unpaired) electrons. The number of aliphatic imine (C=N–C) groups is 1. The summed E-state index contributed by atoms with van der Waals surface area (Å²) >= 11 is 3.16. The van der Waals surface area contributed by atoms with Crippen molar-refractivity contribution in [2.45, 2.75) is 11.1 Å². The van der Waals surface area contributed by atoms with Gasteiger partial charge in [-0.25, -0.2) is 8.42 Å². The molecule has 0 spiro atoms. The lowest BCUT2D eigenvalue weighted by Crippen LogP contribution is -2.17. The Morgan fingerprint density at radius 3 is 2.50 bits per heavy atom. The number of rotatable bonds is 3. The molecule has 0 bridgehead atoms. The van der Waals surface area contributed by atoms with Gasteiger partial charge in [-0.1, -0.05) is 30.3 Å². The van der Waals surface area contributed by atoms with E-state index < -0.39 is 15.2 Å². The van der Waals surface area contributed by atoms with Gasteiger partial charge in [0.2, 0.25) is 0 Å². The Bertz CT molecular complexity index is 534. The Morgan fingerprint density at radius 2 is 1.94 bits per heavy atom. The first-order valence-electron chi connectivity index (χ1n) is 4.75. The summed E-state index contributed by atoms with van der Waals surface area (Å²) in [5, 5.41) is -0.748. The van der Waals surface area contributed by atoms with Gasteiger partial charge < -0.3 is 0 Å². The molecule has 2 rings (SSSR count). The van der Waals surface area contributed by atoms with Gasteiger partial charge in [0.15, 0.2) is 15.2 Å². The van der Waals surface area contributed by atoms with Crippen LogP contribution >= 0.6 is 15.9 Å². The number of benzene rings is 1. The molecule has 0 N–H and O–H groups in total. The van der Waals surface area contributed by atoms with Crippen molar-refractivity contribution in [2.24, 2.45) is 4.99 Å². The summed E-state index contributed by atoms with van der Waals surface area (Å²) in [5.74, 6) is 0.0205. The van der Waals surface area contributed by atoms with Crippen molar-refractivity contribution < 1.29 is 8.42 Å². The zero-order valence-electron chi connectivity index (χ0n) is 8.38.